The Hall–Kier alpha value is -1.43. The first-order valence-corrected chi connectivity index (χ1v) is 6.22. The number of nitrogens with zero attached hydrogens (tertiary/aromatic N) is 1. The number of carbonyl (C=O) groups excluding carboxylic acids is 2. The summed E-state index contributed by atoms with van der Waals surface area (Å²) in [5.41, 5.74) is 5.23. The molecule has 0 fully saturated rings. The number of hydrogen-bond donors (Lipinski definition) is 1. The molecule has 1 aromatic rings. The van der Waals surface area contributed by atoms with Crippen LogP contribution in [-0.2, 0) is 16.0 Å². The summed E-state index contributed by atoms with van der Waals surface area (Å²) in [5, 5.41) is 2.52. The summed E-state index contributed by atoms with van der Waals surface area (Å²) < 4.78 is 4.85. The van der Waals surface area contributed by atoms with Gasteiger partial charge in [0.2, 0.25) is 0 Å². The maximum absolute atomic E-state index is 11.6. The highest BCUT2D eigenvalue weighted by Crippen LogP contribution is 2.15. The zero-order valence-electron chi connectivity index (χ0n) is 10.1. The largest absolute Gasteiger partial charge is 0.448 e. The fraction of sp³-hybridized carbons (Fsp3) is 0.545. The van der Waals surface area contributed by atoms with Crippen LogP contribution in [0.5, 0.6) is 0 Å². The lowest BCUT2D eigenvalue weighted by Gasteiger charge is -2.07. The first-order chi connectivity index (χ1) is 7.90. The molecule has 0 spiro atoms. The summed E-state index contributed by atoms with van der Waals surface area (Å²) >= 11 is 1.41. The molecule has 1 unspecified atom stereocenters. The zero-order valence-corrected chi connectivity index (χ0v) is 10.9. The Morgan fingerprint density at radius 1 is 1.47 bits per heavy atom. The average Bonchev–Trinajstić information content (AvgIpc) is 2.64. The molecule has 0 saturated heterocycles. The smallest absolute Gasteiger partial charge is 0.358 e. The molecule has 17 heavy (non-hydrogen) atoms. The maximum atomic E-state index is 11.6. The van der Waals surface area contributed by atoms with E-state index in [0.717, 1.165) is 11.4 Å². The second kappa shape index (κ2) is 5.77. The Balaban J connectivity index is 2.64. The molecule has 0 bridgehead atoms. The molecule has 0 aliphatic carbocycles. The van der Waals surface area contributed by atoms with E-state index in [1.807, 2.05) is 0 Å². The van der Waals surface area contributed by atoms with Gasteiger partial charge in [-0.1, -0.05) is 13.8 Å². The Bertz CT molecular complexity index is 415. The van der Waals surface area contributed by atoms with Crippen LogP contribution in [0.1, 0.15) is 36.3 Å². The third-order valence-corrected chi connectivity index (χ3v) is 2.90. The SMILES string of the molecule is CC(C)Cc1nc(C(=O)OC(C)C(N)=O)cs1. The number of nitrogens with two attached hydrogens (primary N) is 1. The van der Waals surface area contributed by atoms with E-state index in [4.69, 9.17) is 10.5 Å². The molecule has 0 saturated carbocycles. The van der Waals surface area contributed by atoms with Gasteiger partial charge in [0.1, 0.15) is 0 Å². The van der Waals surface area contributed by atoms with Crippen molar-refractivity contribution in [2.45, 2.75) is 33.3 Å². The molecule has 0 aliphatic rings. The van der Waals surface area contributed by atoms with Crippen LogP contribution in [0.15, 0.2) is 5.38 Å². The molecule has 94 valence electrons. The molecule has 1 rings (SSSR count). The highest BCUT2D eigenvalue weighted by molar-refractivity contribution is 7.09. The van der Waals surface area contributed by atoms with Crippen LogP contribution in [-0.4, -0.2) is 23.0 Å². The van der Waals surface area contributed by atoms with Gasteiger partial charge in [0.05, 0.1) is 5.01 Å². The fourth-order valence-corrected chi connectivity index (χ4v) is 2.10. The van der Waals surface area contributed by atoms with Gasteiger partial charge in [-0.15, -0.1) is 11.3 Å². The summed E-state index contributed by atoms with van der Waals surface area (Å²) in [4.78, 5) is 26.5. The Morgan fingerprint density at radius 2 is 2.12 bits per heavy atom. The lowest BCUT2D eigenvalue weighted by molar-refractivity contribution is -0.125. The third kappa shape index (κ3) is 4.14. The molecule has 5 nitrogen and oxygen atoms in total. The second-order valence-electron chi connectivity index (χ2n) is 4.17. The van der Waals surface area contributed by atoms with Crippen molar-refractivity contribution in [3.63, 3.8) is 0 Å². The molecular weight excluding hydrogens is 240 g/mol. The number of primary amides is 1. The van der Waals surface area contributed by atoms with Crippen LogP contribution in [0.25, 0.3) is 0 Å². The minimum absolute atomic E-state index is 0.235. The highest BCUT2D eigenvalue weighted by Gasteiger charge is 2.18. The van der Waals surface area contributed by atoms with E-state index in [-0.39, 0.29) is 5.69 Å². The van der Waals surface area contributed by atoms with Gasteiger partial charge in [0.15, 0.2) is 11.8 Å². The second-order valence-corrected chi connectivity index (χ2v) is 5.12. The van der Waals surface area contributed by atoms with Crippen molar-refractivity contribution in [2.75, 3.05) is 0 Å². The number of carbonyl (C=O) groups is 2. The van der Waals surface area contributed by atoms with Gasteiger partial charge in [-0.3, -0.25) is 4.79 Å². The van der Waals surface area contributed by atoms with Gasteiger partial charge in [0.25, 0.3) is 5.91 Å². The molecule has 0 radical (unpaired) electrons. The number of ether oxygens (including phenoxy) is 1. The van der Waals surface area contributed by atoms with Gasteiger partial charge in [-0.05, 0) is 12.8 Å². The van der Waals surface area contributed by atoms with E-state index in [0.29, 0.717) is 5.92 Å². The van der Waals surface area contributed by atoms with Crippen molar-refractivity contribution in [2.24, 2.45) is 11.7 Å². The van der Waals surface area contributed by atoms with Gasteiger partial charge in [-0.25, -0.2) is 9.78 Å². The van der Waals surface area contributed by atoms with Crippen LogP contribution >= 0.6 is 11.3 Å². The molecule has 6 heteroatoms. The van der Waals surface area contributed by atoms with Crippen molar-refractivity contribution in [1.82, 2.24) is 4.98 Å². The third-order valence-electron chi connectivity index (χ3n) is 2.03. The van der Waals surface area contributed by atoms with Crippen LogP contribution in [0.2, 0.25) is 0 Å². The Kier molecular flexibility index (Phi) is 4.62. The van der Waals surface area contributed by atoms with Gasteiger partial charge < -0.3 is 10.5 Å². The number of esters is 1. The van der Waals surface area contributed by atoms with Crippen LogP contribution < -0.4 is 5.73 Å². The van der Waals surface area contributed by atoms with Gasteiger partial charge in [-0.2, -0.15) is 0 Å². The van der Waals surface area contributed by atoms with Crippen LogP contribution in [0.4, 0.5) is 0 Å². The minimum atomic E-state index is -0.933. The van der Waals surface area contributed by atoms with Crippen molar-refractivity contribution >= 4 is 23.2 Å². The predicted molar refractivity (Wildman–Crippen MR) is 64.7 cm³/mol. The summed E-state index contributed by atoms with van der Waals surface area (Å²) in [6.45, 7) is 5.59. The molecular formula is C11H16N2O3S. The van der Waals surface area contributed by atoms with E-state index in [1.54, 1.807) is 5.38 Å². The quantitative estimate of drug-likeness (QED) is 0.807. The van der Waals surface area contributed by atoms with E-state index in [2.05, 4.69) is 18.8 Å². The molecule has 2 N–H and O–H groups in total. The van der Waals surface area contributed by atoms with Crippen molar-refractivity contribution in [1.29, 1.82) is 0 Å². The van der Waals surface area contributed by atoms with Crippen molar-refractivity contribution < 1.29 is 14.3 Å². The number of thiazole rings is 1. The summed E-state index contributed by atoms with van der Waals surface area (Å²) in [6.07, 6.45) is -0.110. The van der Waals surface area contributed by atoms with Crippen molar-refractivity contribution in [3.05, 3.63) is 16.1 Å². The molecule has 0 aromatic carbocycles. The van der Waals surface area contributed by atoms with E-state index in [1.165, 1.54) is 18.3 Å². The minimum Gasteiger partial charge on any atom is -0.448 e. The van der Waals surface area contributed by atoms with Crippen LogP contribution in [0, 0.1) is 5.92 Å². The highest BCUT2D eigenvalue weighted by atomic mass is 32.1. The number of amides is 1. The topological polar surface area (TPSA) is 82.3 Å². The number of hydrogen-bond acceptors (Lipinski definition) is 5. The molecule has 1 atom stereocenters. The monoisotopic (exact) mass is 256 g/mol. The standard InChI is InChI=1S/C11H16N2O3S/c1-6(2)4-9-13-8(5-17-9)11(15)16-7(3)10(12)14/h5-7H,4H2,1-3H3,(H2,12,14). The predicted octanol–water partition coefficient (Wildman–Crippen LogP) is 1.37. The lowest BCUT2D eigenvalue weighted by atomic mass is 10.1. The maximum Gasteiger partial charge on any atom is 0.358 e. The molecule has 1 amide bonds. The molecule has 1 heterocycles. The normalized spacial score (nSPS) is 12.5. The van der Waals surface area contributed by atoms with Gasteiger partial charge in [0, 0.05) is 11.8 Å². The lowest BCUT2D eigenvalue weighted by Crippen LogP contribution is -2.30. The van der Waals surface area contributed by atoms with E-state index >= 15 is 0 Å². The number of aromatic nitrogens is 1. The van der Waals surface area contributed by atoms with Crippen LogP contribution in [0.3, 0.4) is 0 Å². The Labute approximate surface area is 104 Å². The molecule has 0 aliphatic heterocycles. The van der Waals surface area contributed by atoms with Crippen molar-refractivity contribution in [3.8, 4) is 0 Å². The van der Waals surface area contributed by atoms with Gasteiger partial charge >= 0.3 is 5.97 Å². The average molecular weight is 256 g/mol. The summed E-state index contributed by atoms with van der Waals surface area (Å²) in [5.74, 6) is -0.798. The first kappa shape index (κ1) is 13.6. The van der Waals surface area contributed by atoms with E-state index in [9.17, 15) is 9.59 Å². The zero-order chi connectivity index (χ0) is 13.0. The van der Waals surface area contributed by atoms with E-state index < -0.39 is 18.0 Å². The first-order valence-electron chi connectivity index (χ1n) is 5.34. The summed E-state index contributed by atoms with van der Waals surface area (Å²) in [6, 6.07) is 0. The number of rotatable bonds is 5. The fourth-order valence-electron chi connectivity index (χ4n) is 1.13. The molecule has 1 aromatic heterocycles. The Morgan fingerprint density at radius 3 is 2.65 bits per heavy atom. The summed E-state index contributed by atoms with van der Waals surface area (Å²) in [7, 11) is 0.